The monoisotopic (exact) mass is 475 g/mol. The Bertz CT molecular complexity index is 1070. The van der Waals surface area contributed by atoms with Gasteiger partial charge in [-0.05, 0) is 43.5 Å². The van der Waals surface area contributed by atoms with Gasteiger partial charge in [0, 0.05) is 24.6 Å². The number of carbonyl (C=O) groups excluding carboxylic acids is 2. The number of carbonyl (C=O) groups is 2. The van der Waals surface area contributed by atoms with Crippen molar-refractivity contribution in [3.05, 3.63) is 59.7 Å². The first-order valence-corrected chi connectivity index (χ1v) is 12.4. The smallest absolute Gasteiger partial charge is 0.269 e. The van der Waals surface area contributed by atoms with Crippen LogP contribution in [0, 0.1) is 5.92 Å². The molecule has 1 saturated heterocycles. The first kappa shape index (κ1) is 24.5. The second-order valence-corrected chi connectivity index (χ2v) is 9.63. The van der Waals surface area contributed by atoms with Crippen LogP contribution in [0.25, 0.3) is 0 Å². The minimum absolute atomic E-state index is 0.0632. The maximum absolute atomic E-state index is 12.7. The molecule has 0 atom stereocenters. The summed E-state index contributed by atoms with van der Waals surface area (Å²) >= 11 is 0. The number of sulfonamides is 1. The van der Waals surface area contributed by atoms with Gasteiger partial charge in [0.2, 0.25) is 15.9 Å². The normalized spacial score (nSPS) is 15.0. The van der Waals surface area contributed by atoms with Crippen molar-refractivity contribution in [3.8, 4) is 11.5 Å². The van der Waals surface area contributed by atoms with E-state index in [9.17, 15) is 18.0 Å². The molecule has 1 aliphatic rings. The summed E-state index contributed by atoms with van der Waals surface area (Å²) in [7, 11) is -1.97. The van der Waals surface area contributed by atoms with Crippen LogP contribution in [-0.2, 0) is 20.6 Å². The van der Waals surface area contributed by atoms with E-state index in [1.807, 2.05) is 13.0 Å². The highest BCUT2D eigenvalue weighted by Gasteiger charge is 2.31. The fourth-order valence-electron chi connectivity index (χ4n) is 3.65. The number of piperidine rings is 1. The van der Waals surface area contributed by atoms with E-state index in [1.165, 1.54) is 17.5 Å². The van der Waals surface area contributed by atoms with E-state index >= 15 is 0 Å². The van der Waals surface area contributed by atoms with Crippen LogP contribution in [0.3, 0.4) is 0 Å². The number of benzene rings is 2. The number of hydrogen-bond donors (Lipinski definition) is 2. The Morgan fingerprint density at radius 3 is 2.36 bits per heavy atom. The lowest BCUT2D eigenvalue weighted by molar-refractivity contribution is -0.126. The summed E-state index contributed by atoms with van der Waals surface area (Å²) < 4.78 is 37.4. The largest absolute Gasteiger partial charge is 0.493 e. The van der Waals surface area contributed by atoms with Gasteiger partial charge in [0.1, 0.15) is 0 Å². The van der Waals surface area contributed by atoms with Crippen molar-refractivity contribution in [3.63, 3.8) is 0 Å². The Hall–Kier alpha value is -3.11. The van der Waals surface area contributed by atoms with Crippen molar-refractivity contribution in [1.29, 1.82) is 0 Å². The van der Waals surface area contributed by atoms with Crippen molar-refractivity contribution in [2.24, 2.45) is 5.92 Å². The Labute approximate surface area is 194 Å². The van der Waals surface area contributed by atoms with Crippen molar-refractivity contribution in [2.45, 2.75) is 25.5 Å². The number of methoxy groups -OCH3 is 1. The van der Waals surface area contributed by atoms with E-state index in [4.69, 9.17) is 9.47 Å². The van der Waals surface area contributed by atoms with Crippen LogP contribution >= 0.6 is 0 Å². The summed E-state index contributed by atoms with van der Waals surface area (Å²) in [5.41, 5.74) is 5.88. The molecule has 10 heteroatoms. The zero-order valence-electron chi connectivity index (χ0n) is 18.7. The van der Waals surface area contributed by atoms with Crippen LogP contribution in [0.4, 0.5) is 0 Å². The number of nitrogens with one attached hydrogen (secondary N) is 2. The molecule has 0 unspecified atom stereocenters. The van der Waals surface area contributed by atoms with Crippen LogP contribution < -0.4 is 20.3 Å². The summed E-state index contributed by atoms with van der Waals surface area (Å²) in [6.45, 7) is 2.83. The minimum Gasteiger partial charge on any atom is -0.493 e. The summed E-state index contributed by atoms with van der Waals surface area (Å²) in [6.07, 6.45) is 0.763. The first-order chi connectivity index (χ1) is 15.8. The standard InChI is InChI=1S/C23H29N3O6S/c1-3-32-20-10-9-19(15-21(20)31-2)23(28)25-24-22(27)18-11-13-26(14-12-18)33(29,30)16-17-7-5-4-6-8-17/h4-10,15,18H,3,11-14,16H2,1-2H3,(H,24,27)(H,25,28). The molecule has 2 aromatic carbocycles. The van der Waals surface area contributed by atoms with Gasteiger partial charge in [-0.25, -0.2) is 12.7 Å². The quantitative estimate of drug-likeness (QED) is 0.565. The van der Waals surface area contributed by atoms with Crippen molar-refractivity contribution >= 4 is 21.8 Å². The van der Waals surface area contributed by atoms with Gasteiger partial charge in [0.25, 0.3) is 5.91 Å². The Morgan fingerprint density at radius 1 is 1.03 bits per heavy atom. The second-order valence-electron chi connectivity index (χ2n) is 7.66. The van der Waals surface area contributed by atoms with Gasteiger partial charge in [-0.1, -0.05) is 30.3 Å². The molecule has 0 aliphatic carbocycles. The Kier molecular flexibility index (Phi) is 8.29. The van der Waals surface area contributed by atoms with E-state index in [1.54, 1.807) is 36.4 Å². The highest BCUT2D eigenvalue weighted by Crippen LogP contribution is 2.28. The maximum Gasteiger partial charge on any atom is 0.269 e. The molecular formula is C23H29N3O6S. The zero-order valence-corrected chi connectivity index (χ0v) is 19.6. The summed E-state index contributed by atoms with van der Waals surface area (Å²) in [5, 5.41) is 0. The molecule has 1 heterocycles. The topological polar surface area (TPSA) is 114 Å². The Balaban J connectivity index is 1.49. The van der Waals surface area contributed by atoms with Crippen LogP contribution in [0.15, 0.2) is 48.5 Å². The molecule has 9 nitrogen and oxygen atoms in total. The molecule has 2 N–H and O–H groups in total. The third-order valence-corrected chi connectivity index (χ3v) is 7.28. The highest BCUT2D eigenvalue weighted by atomic mass is 32.2. The van der Waals surface area contributed by atoms with E-state index in [0.717, 1.165) is 5.56 Å². The fourth-order valence-corrected chi connectivity index (χ4v) is 5.21. The van der Waals surface area contributed by atoms with E-state index in [-0.39, 0.29) is 30.7 Å². The minimum atomic E-state index is -3.45. The summed E-state index contributed by atoms with van der Waals surface area (Å²) in [5.74, 6) is -0.349. The molecule has 0 bridgehead atoms. The molecule has 0 aromatic heterocycles. The molecule has 1 fully saturated rings. The van der Waals surface area contributed by atoms with E-state index in [2.05, 4.69) is 10.9 Å². The molecule has 0 saturated carbocycles. The Morgan fingerprint density at radius 2 is 1.73 bits per heavy atom. The second kappa shape index (κ2) is 11.2. The average molecular weight is 476 g/mol. The molecule has 33 heavy (non-hydrogen) atoms. The summed E-state index contributed by atoms with van der Waals surface area (Å²) in [6, 6.07) is 13.7. The molecular weight excluding hydrogens is 446 g/mol. The van der Waals surface area contributed by atoms with E-state index < -0.39 is 15.9 Å². The van der Waals surface area contributed by atoms with Crippen LogP contribution in [0.2, 0.25) is 0 Å². The molecule has 1 aliphatic heterocycles. The number of rotatable bonds is 8. The lowest BCUT2D eigenvalue weighted by Crippen LogP contribution is -2.48. The van der Waals surface area contributed by atoms with Crippen molar-refractivity contribution in [1.82, 2.24) is 15.2 Å². The van der Waals surface area contributed by atoms with Crippen molar-refractivity contribution < 1.29 is 27.5 Å². The molecule has 3 rings (SSSR count). The third-order valence-electron chi connectivity index (χ3n) is 5.43. The molecule has 0 radical (unpaired) electrons. The number of amides is 2. The predicted molar refractivity (Wildman–Crippen MR) is 123 cm³/mol. The lowest BCUT2D eigenvalue weighted by atomic mass is 9.98. The van der Waals surface area contributed by atoms with Crippen molar-refractivity contribution in [2.75, 3.05) is 26.8 Å². The van der Waals surface area contributed by atoms with Crippen LogP contribution in [-0.4, -0.2) is 51.3 Å². The molecule has 178 valence electrons. The lowest BCUT2D eigenvalue weighted by Gasteiger charge is -2.30. The van der Waals surface area contributed by atoms with Gasteiger partial charge in [-0.2, -0.15) is 0 Å². The third kappa shape index (κ3) is 6.45. The zero-order chi connectivity index (χ0) is 23.8. The first-order valence-electron chi connectivity index (χ1n) is 10.8. The number of hydrogen-bond acceptors (Lipinski definition) is 6. The van der Waals surface area contributed by atoms with Crippen LogP contribution in [0.5, 0.6) is 11.5 Å². The van der Waals surface area contributed by atoms with Crippen LogP contribution in [0.1, 0.15) is 35.7 Å². The van der Waals surface area contributed by atoms with Gasteiger partial charge >= 0.3 is 0 Å². The predicted octanol–water partition coefficient (Wildman–Crippen LogP) is 2.10. The number of nitrogens with zero attached hydrogens (tertiary/aromatic N) is 1. The van der Waals surface area contributed by atoms with Gasteiger partial charge in [-0.3, -0.25) is 20.4 Å². The number of hydrazine groups is 1. The molecule has 0 spiro atoms. The van der Waals surface area contributed by atoms with Gasteiger partial charge in [0.15, 0.2) is 11.5 Å². The maximum atomic E-state index is 12.7. The van der Waals surface area contributed by atoms with E-state index in [0.29, 0.717) is 36.5 Å². The van der Waals surface area contributed by atoms with Gasteiger partial charge in [-0.15, -0.1) is 0 Å². The fraction of sp³-hybridized carbons (Fsp3) is 0.391. The molecule has 2 aromatic rings. The number of ether oxygens (including phenoxy) is 2. The van der Waals surface area contributed by atoms with Gasteiger partial charge in [0.05, 0.1) is 19.5 Å². The summed E-state index contributed by atoms with van der Waals surface area (Å²) in [4.78, 5) is 24.9. The highest BCUT2D eigenvalue weighted by molar-refractivity contribution is 7.88. The SMILES string of the molecule is CCOc1ccc(C(=O)NNC(=O)C2CCN(S(=O)(=O)Cc3ccccc3)CC2)cc1OC. The molecule has 2 amide bonds. The average Bonchev–Trinajstić information content (AvgIpc) is 2.83. The van der Waals surface area contributed by atoms with Gasteiger partial charge < -0.3 is 9.47 Å².